The van der Waals surface area contributed by atoms with Gasteiger partial charge in [0.05, 0.1) is 0 Å². The molecule has 0 heterocycles. The molecular weight excluding hydrogens is 230 g/mol. The minimum atomic E-state index is 0.333. The van der Waals surface area contributed by atoms with Gasteiger partial charge in [-0.2, -0.15) is 0 Å². The van der Waals surface area contributed by atoms with Crippen molar-refractivity contribution in [3.63, 3.8) is 0 Å². The highest BCUT2D eigenvalue weighted by Crippen LogP contribution is 2.53. The fourth-order valence-electron chi connectivity index (χ4n) is 3.66. The maximum Gasteiger partial charge on any atom is 0.0146 e. The van der Waals surface area contributed by atoms with Crippen LogP contribution in [0.15, 0.2) is 54.6 Å². The smallest absolute Gasteiger partial charge is 0.0146 e. The lowest BCUT2D eigenvalue weighted by Crippen LogP contribution is -2.37. The molecule has 1 heteroatoms. The quantitative estimate of drug-likeness (QED) is 0.885. The van der Waals surface area contributed by atoms with Gasteiger partial charge < -0.3 is 5.73 Å². The molecule has 19 heavy (non-hydrogen) atoms. The molecule has 2 aliphatic rings. The molecule has 0 aromatic heterocycles. The molecule has 4 unspecified atom stereocenters. The van der Waals surface area contributed by atoms with Crippen LogP contribution in [0, 0.1) is 5.92 Å². The van der Waals surface area contributed by atoms with Crippen LogP contribution in [0.2, 0.25) is 0 Å². The summed E-state index contributed by atoms with van der Waals surface area (Å²) < 4.78 is 0. The highest BCUT2D eigenvalue weighted by atomic mass is 14.7. The SMILES string of the molecule is NC(C1Cc2ccccc21)C1CC1c1ccccc1. The fourth-order valence-corrected chi connectivity index (χ4v) is 3.66. The molecule has 96 valence electrons. The van der Waals surface area contributed by atoms with Gasteiger partial charge >= 0.3 is 0 Å². The van der Waals surface area contributed by atoms with Crippen LogP contribution >= 0.6 is 0 Å². The standard InChI is InChI=1S/C18H19N/c19-18(16-10-13-8-4-5-9-14(13)16)17-11-15(17)12-6-2-1-3-7-12/h1-9,15-18H,10-11,19H2. The highest BCUT2D eigenvalue weighted by molar-refractivity contribution is 5.42. The minimum absolute atomic E-state index is 0.333. The highest BCUT2D eigenvalue weighted by Gasteiger charge is 2.47. The number of hydrogen-bond donors (Lipinski definition) is 1. The molecule has 0 amide bonds. The van der Waals surface area contributed by atoms with Crippen molar-refractivity contribution in [1.82, 2.24) is 0 Å². The van der Waals surface area contributed by atoms with Crippen molar-refractivity contribution in [2.24, 2.45) is 11.7 Å². The Bertz CT molecular complexity index is 590. The van der Waals surface area contributed by atoms with Gasteiger partial charge in [0.15, 0.2) is 0 Å². The molecular formula is C18H19N. The minimum Gasteiger partial charge on any atom is -0.327 e. The molecule has 1 fully saturated rings. The first-order valence-electron chi connectivity index (χ1n) is 7.23. The van der Waals surface area contributed by atoms with Crippen LogP contribution in [-0.4, -0.2) is 6.04 Å². The molecule has 0 aliphatic heterocycles. The third-order valence-electron chi connectivity index (χ3n) is 4.92. The molecule has 1 saturated carbocycles. The van der Waals surface area contributed by atoms with Crippen LogP contribution in [0.3, 0.4) is 0 Å². The zero-order valence-corrected chi connectivity index (χ0v) is 11.0. The van der Waals surface area contributed by atoms with Gasteiger partial charge in [-0.1, -0.05) is 54.6 Å². The Labute approximate surface area is 114 Å². The first-order valence-corrected chi connectivity index (χ1v) is 7.23. The first kappa shape index (κ1) is 11.2. The Morgan fingerprint density at radius 1 is 0.947 bits per heavy atom. The summed E-state index contributed by atoms with van der Waals surface area (Å²) in [5.74, 6) is 1.97. The van der Waals surface area contributed by atoms with Crippen molar-refractivity contribution in [3.05, 3.63) is 71.3 Å². The van der Waals surface area contributed by atoms with Gasteiger partial charge in [-0.3, -0.25) is 0 Å². The van der Waals surface area contributed by atoms with E-state index in [1.54, 1.807) is 0 Å². The molecule has 2 aromatic carbocycles. The van der Waals surface area contributed by atoms with E-state index in [-0.39, 0.29) is 0 Å². The molecule has 2 aliphatic carbocycles. The molecule has 0 bridgehead atoms. The van der Waals surface area contributed by atoms with Crippen molar-refractivity contribution in [2.75, 3.05) is 0 Å². The summed E-state index contributed by atoms with van der Waals surface area (Å²) in [5, 5.41) is 0. The predicted molar refractivity (Wildman–Crippen MR) is 78.2 cm³/mol. The predicted octanol–water partition coefficient (Wildman–Crippen LogP) is 3.46. The number of fused-ring (bicyclic) bond motifs is 1. The summed E-state index contributed by atoms with van der Waals surface area (Å²) in [6, 6.07) is 19.9. The largest absolute Gasteiger partial charge is 0.327 e. The Morgan fingerprint density at radius 2 is 1.68 bits per heavy atom. The van der Waals surface area contributed by atoms with Crippen LogP contribution in [-0.2, 0) is 6.42 Å². The molecule has 2 aromatic rings. The summed E-state index contributed by atoms with van der Waals surface area (Å²) in [7, 11) is 0. The van der Waals surface area contributed by atoms with E-state index in [0.717, 1.165) is 0 Å². The summed E-state index contributed by atoms with van der Waals surface area (Å²) in [4.78, 5) is 0. The van der Waals surface area contributed by atoms with Crippen molar-refractivity contribution in [2.45, 2.75) is 30.7 Å². The van der Waals surface area contributed by atoms with Gasteiger partial charge in [0.1, 0.15) is 0 Å². The first-order chi connectivity index (χ1) is 9.34. The van der Waals surface area contributed by atoms with E-state index in [1.165, 1.54) is 29.5 Å². The average Bonchev–Trinajstić information content (AvgIpc) is 3.21. The molecule has 2 N–H and O–H groups in total. The van der Waals surface area contributed by atoms with Gasteiger partial charge in [0, 0.05) is 12.0 Å². The Balaban J connectivity index is 1.49. The van der Waals surface area contributed by atoms with Gasteiger partial charge in [-0.15, -0.1) is 0 Å². The van der Waals surface area contributed by atoms with Gasteiger partial charge in [-0.05, 0) is 41.4 Å². The Hall–Kier alpha value is -1.60. The monoisotopic (exact) mass is 249 g/mol. The fraction of sp³-hybridized carbons (Fsp3) is 0.333. The lowest BCUT2D eigenvalue weighted by Gasteiger charge is -2.35. The second-order valence-electron chi connectivity index (χ2n) is 6.00. The topological polar surface area (TPSA) is 26.0 Å². The lowest BCUT2D eigenvalue weighted by atomic mass is 9.72. The maximum absolute atomic E-state index is 6.53. The normalized spacial score (nSPS) is 29.2. The van der Waals surface area contributed by atoms with E-state index in [0.29, 0.717) is 23.8 Å². The molecule has 4 rings (SSSR count). The van der Waals surface area contributed by atoms with E-state index in [1.807, 2.05) is 0 Å². The van der Waals surface area contributed by atoms with Crippen molar-refractivity contribution in [3.8, 4) is 0 Å². The summed E-state index contributed by atoms with van der Waals surface area (Å²) >= 11 is 0. The zero-order chi connectivity index (χ0) is 12.8. The number of rotatable bonds is 3. The third-order valence-corrected chi connectivity index (χ3v) is 4.92. The van der Waals surface area contributed by atoms with E-state index >= 15 is 0 Å². The zero-order valence-electron chi connectivity index (χ0n) is 11.0. The summed E-state index contributed by atoms with van der Waals surface area (Å²) in [6.45, 7) is 0. The van der Waals surface area contributed by atoms with E-state index < -0.39 is 0 Å². The van der Waals surface area contributed by atoms with Gasteiger partial charge in [0.2, 0.25) is 0 Å². The number of hydrogen-bond acceptors (Lipinski definition) is 1. The van der Waals surface area contributed by atoms with Crippen molar-refractivity contribution < 1.29 is 0 Å². The maximum atomic E-state index is 6.53. The molecule has 0 spiro atoms. The molecule has 4 atom stereocenters. The Morgan fingerprint density at radius 3 is 2.47 bits per heavy atom. The number of nitrogens with two attached hydrogens (primary N) is 1. The van der Waals surface area contributed by atoms with Crippen LogP contribution in [0.4, 0.5) is 0 Å². The van der Waals surface area contributed by atoms with Crippen LogP contribution < -0.4 is 5.73 Å². The third kappa shape index (κ3) is 1.81. The summed E-state index contributed by atoms with van der Waals surface area (Å²) in [6.07, 6.45) is 2.44. The molecule has 0 radical (unpaired) electrons. The molecule has 1 nitrogen and oxygen atoms in total. The second kappa shape index (κ2) is 4.21. The van der Waals surface area contributed by atoms with E-state index in [2.05, 4.69) is 54.6 Å². The molecule has 0 saturated heterocycles. The lowest BCUT2D eigenvalue weighted by molar-refractivity contribution is 0.436. The summed E-state index contributed by atoms with van der Waals surface area (Å²) in [5.41, 5.74) is 11.0. The van der Waals surface area contributed by atoms with Gasteiger partial charge in [-0.25, -0.2) is 0 Å². The van der Waals surface area contributed by atoms with E-state index in [4.69, 9.17) is 5.73 Å². The van der Waals surface area contributed by atoms with Gasteiger partial charge in [0.25, 0.3) is 0 Å². The second-order valence-corrected chi connectivity index (χ2v) is 6.00. The van der Waals surface area contributed by atoms with Crippen molar-refractivity contribution in [1.29, 1.82) is 0 Å². The average molecular weight is 249 g/mol. The van der Waals surface area contributed by atoms with Crippen LogP contribution in [0.5, 0.6) is 0 Å². The van der Waals surface area contributed by atoms with Crippen LogP contribution in [0.25, 0.3) is 0 Å². The van der Waals surface area contributed by atoms with Crippen molar-refractivity contribution >= 4 is 0 Å². The van der Waals surface area contributed by atoms with E-state index in [9.17, 15) is 0 Å². The Kier molecular flexibility index (Phi) is 2.49. The number of benzene rings is 2. The van der Waals surface area contributed by atoms with Crippen LogP contribution in [0.1, 0.15) is 34.9 Å².